The summed E-state index contributed by atoms with van der Waals surface area (Å²) in [6, 6.07) is 11.9. The average molecular weight is 416 g/mol. The summed E-state index contributed by atoms with van der Waals surface area (Å²) in [6.45, 7) is 0.392. The molecule has 0 aliphatic carbocycles. The van der Waals surface area contributed by atoms with Crippen LogP contribution in [-0.4, -0.2) is 32.9 Å². The van der Waals surface area contributed by atoms with E-state index in [0.717, 1.165) is 22.2 Å². The monoisotopic (exact) mass is 415 g/mol. The van der Waals surface area contributed by atoms with Crippen LogP contribution in [0, 0.1) is 5.82 Å². The van der Waals surface area contributed by atoms with Gasteiger partial charge < -0.3 is 25.2 Å². The zero-order valence-corrected chi connectivity index (χ0v) is 16.1. The summed E-state index contributed by atoms with van der Waals surface area (Å²) in [6.07, 6.45) is 1.92. The molecule has 0 aliphatic rings. The molecule has 4 N–H and O–H groups in total. The predicted octanol–water partition coefficient (Wildman–Crippen LogP) is 3.97. The first-order valence-corrected chi connectivity index (χ1v) is 9.43. The summed E-state index contributed by atoms with van der Waals surface area (Å²) >= 11 is 5.73. The fourth-order valence-corrected chi connectivity index (χ4v) is 3.22. The molecule has 0 aliphatic heterocycles. The first-order valence-electron chi connectivity index (χ1n) is 9.05. The van der Waals surface area contributed by atoms with Gasteiger partial charge in [-0.15, -0.1) is 0 Å². The minimum atomic E-state index is -0.478. The van der Waals surface area contributed by atoms with Gasteiger partial charge in [-0.05, 0) is 35.7 Å². The lowest BCUT2D eigenvalue weighted by Crippen LogP contribution is -2.27. The molecule has 0 saturated carbocycles. The van der Waals surface area contributed by atoms with Gasteiger partial charge in [-0.2, -0.15) is 0 Å². The summed E-state index contributed by atoms with van der Waals surface area (Å²) in [7, 11) is 0. The molecule has 0 amide bonds. The number of benzene rings is 2. The van der Waals surface area contributed by atoms with E-state index < -0.39 is 5.82 Å². The molecule has 4 rings (SSSR count). The van der Waals surface area contributed by atoms with Crippen molar-refractivity contribution in [2.45, 2.75) is 19.0 Å². The average Bonchev–Trinajstić information content (AvgIpc) is 3.38. The fourth-order valence-electron chi connectivity index (χ4n) is 3.10. The van der Waals surface area contributed by atoms with Gasteiger partial charge in [0.2, 0.25) is 5.95 Å². The van der Waals surface area contributed by atoms with Crippen molar-refractivity contribution in [1.29, 1.82) is 0 Å². The number of aromatic nitrogens is 3. The molecule has 0 bridgehead atoms. The third-order valence-electron chi connectivity index (χ3n) is 4.52. The maximum absolute atomic E-state index is 13.7. The van der Waals surface area contributed by atoms with E-state index in [1.165, 1.54) is 18.4 Å². The van der Waals surface area contributed by atoms with Crippen molar-refractivity contribution in [3.05, 3.63) is 70.7 Å². The van der Waals surface area contributed by atoms with Crippen molar-refractivity contribution in [3.8, 4) is 0 Å². The number of imidazole rings is 1. The van der Waals surface area contributed by atoms with Crippen LogP contribution in [0.25, 0.3) is 11.0 Å². The molecule has 0 spiro atoms. The van der Waals surface area contributed by atoms with Gasteiger partial charge >= 0.3 is 0 Å². The van der Waals surface area contributed by atoms with Crippen molar-refractivity contribution in [2.24, 2.45) is 0 Å². The van der Waals surface area contributed by atoms with Gasteiger partial charge in [0.05, 0.1) is 28.7 Å². The number of nitrogens with zero attached hydrogens (tertiary/aromatic N) is 2. The van der Waals surface area contributed by atoms with Crippen LogP contribution in [0.1, 0.15) is 11.1 Å². The molecular formula is C20H19ClFN5O2. The highest BCUT2D eigenvalue weighted by Gasteiger charge is 2.14. The summed E-state index contributed by atoms with van der Waals surface area (Å²) in [4.78, 5) is 7.83. The van der Waals surface area contributed by atoms with E-state index in [-0.39, 0.29) is 17.7 Å². The summed E-state index contributed by atoms with van der Waals surface area (Å²) in [5.41, 5.74) is 3.38. The van der Waals surface area contributed by atoms with Crippen LogP contribution in [0.15, 0.2) is 53.3 Å². The molecule has 4 aromatic rings. The summed E-state index contributed by atoms with van der Waals surface area (Å²) in [5, 5.41) is 20.0. The van der Waals surface area contributed by atoms with E-state index in [2.05, 4.69) is 25.8 Å². The SMILES string of the molecule is OCC(Cc1ccc(Cl)c(F)c1)Nc1nc2c(CNc3ccon3)cccc2[nH]1. The third kappa shape index (κ3) is 4.49. The lowest BCUT2D eigenvalue weighted by atomic mass is 10.1. The maximum Gasteiger partial charge on any atom is 0.201 e. The molecule has 0 saturated heterocycles. The number of hydrogen-bond donors (Lipinski definition) is 4. The van der Waals surface area contributed by atoms with Gasteiger partial charge in [0, 0.05) is 12.6 Å². The Bertz CT molecular complexity index is 1100. The lowest BCUT2D eigenvalue weighted by Gasteiger charge is -2.15. The van der Waals surface area contributed by atoms with Gasteiger partial charge in [-0.3, -0.25) is 0 Å². The Hall–Kier alpha value is -3.10. The highest BCUT2D eigenvalue weighted by Crippen LogP contribution is 2.21. The quantitative estimate of drug-likeness (QED) is 0.347. The number of hydrogen-bond acceptors (Lipinski definition) is 6. The highest BCUT2D eigenvalue weighted by molar-refractivity contribution is 6.30. The van der Waals surface area contributed by atoms with Crippen molar-refractivity contribution in [1.82, 2.24) is 15.1 Å². The van der Waals surface area contributed by atoms with Crippen LogP contribution in [0.2, 0.25) is 5.02 Å². The first-order chi connectivity index (χ1) is 14.1. The molecule has 0 fully saturated rings. The first kappa shape index (κ1) is 19.2. The van der Waals surface area contributed by atoms with Crippen molar-refractivity contribution in [2.75, 3.05) is 17.2 Å². The molecule has 2 aromatic heterocycles. The molecular weight excluding hydrogens is 397 g/mol. The molecule has 1 unspecified atom stereocenters. The Morgan fingerprint density at radius 2 is 2.14 bits per heavy atom. The third-order valence-corrected chi connectivity index (χ3v) is 4.83. The number of aliphatic hydroxyl groups excluding tert-OH is 1. The van der Waals surface area contributed by atoms with Crippen LogP contribution in [-0.2, 0) is 13.0 Å². The van der Waals surface area contributed by atoms with E-state index in [1.807, 2.05) is 18.2 Å². The van der Waals surface area contributed by atoms with Crippen molar-refractivity contribution >= 4 is 34.4 Å². The van der Waals surface area contributed by atoms with E-state index >= 15 is 0 Å². The number of aliphatic hydroxyl groups is 1. The van der Waals surface area contributed by atoms with E-state index in [9.17, 15) is 9.50 Å². The highest BCUT2D eigenvalue weighted by atomic mass is 35.5. The van der Waals surface area contributed by atoms with E-state index in [1.54, 1.807) is 12.1 Å². The van der Waals surface area contributed by atoms with Gasteiger partial charge in [-0.25, -0.2) is 9.37 Å². The molecule has 7 nitrogen and oxygen atoms in total. The maximum atomic E-state index is 13.7. The molecule has 0 radical (unpaired) electrons. The Labute approximate surface area is 170 Å². The standard InChI is InChI=1S/C20H19ClFN5O2/c21-15-5-4-12(9-16(15)22)8-14(11-28)24-20-25-17-3-1-2-13(19(17)26-20)10-23-18-6-7-29-27-18/h1-7,9,14,28H,8,10-11H2,(H,23,27)(H2,24,25,26). The Kier molecular flexibility index (Phi) is 5.64. The Morgan fingerprint density at radius 3 is 2.90 bits per heavy atom. The molecule has 2 heterocycles. The van der Waals surface area contributed by atoms with Crippen LogP contribution in [0.4, 0.5) is 16.2 Å². The summed E-state index contributed by atoms with van der Waals surface area (Å²) in [5.74, 6) is 0.697. The second-order valence-electron chi connectivity index (χ2n) is 6.61. The number of fused-ring (bicyclic) bond motifs is 1. The van der Waals surface area contributed by atoms with Crippen LogP contribution in [0.5, 0.6) is 0 Å². The van der Waals surface area contributed by atoms with Gasteiger partial charge in [0.15, 0.2) is 5.82 Å². The number of nitrogens with one attached hydrogen (secondary N) is 3. The van der Waals surface area contributed by atoms with Crippen LogP contribution >= 0.6 is 11.6 Å². The second kappa shape index (κ2) is 8.50. The number of aromatic amines is 1. The number of H-pyrrole nitrogens is 1. The fraction of sp³-hybridized carbons (Fsp3) is 0.200. The minimum Gasteiger partial charge on any atom is -0.394 e. The topological polar surface area (TPSA) is 99.0 Å². The number of rotatable bonds is 8. The van der Waals surface area contributed by atoms with Crippen LogP contribution in [0.3, 0.4) is 0 Å². The van der Waals surface area contributed by atoms with Crippen molar-refractivity contribution in [3.63, 3.8) is 0 Å². The van der Waals surface area contributed by atoms with E-state index in [4.69, 9.17) is 16.1 Å². The molecule has 29 heavy (non-hydrogen) atoms. The largest absolute Gasteiger partial charge is 0.394 e. The Morgan fingerprint density at radius 1 is 1.24 bits per heavy atom. The molecule has 150 valence electrons. The zero-order valence-electron chi connectivity index (χ0n) is 15.3. The van der Waals surface area contributed by atoms with Gasteiger partial charge in [0.25, 0.3) is 0 Å². The number of anilines is 2. The van der Waals surface area contributed by atoms with Crippen LogP contribution < -0.4 is 10.6 Å². The Balaban J connectivity index is 1.49. The lowest BCUT2D eigenvalue weighted by molar-refractivity contribution is 0.273. The number of halogens is 2. The van der Waals surface area contributed by atoms with Gasteiger partial charge in [0.1, 0.15) is 12.1 Å². The smallest absolute Gasteiger partial charge is 0.201 e. The van der Waals surface area contributed by atoms with Gasteiger partial charge in [-0.1, -0.05) is 35.0 Å². The normalized spacial score (nSPS) is 12.2. The zero-order chi connectivity index (χ0) is 20.2. The summed E-state index contributed by atoms with van der Waals surface area (Å²) < 4.78 is 18.5. The second-order valence-corrected chi connectivity index (χ2v) is 7.02. The van der Waals surface area contributed by atoms with Crippen molar-refractivity contribution < 1.29 is 14.0 Å². The minimum absolute atomic E-state index is 0.0753. The molecule has 9 heteroatoms. The van der Waals surface area contributed by atoms with E-state index in [0.29, 0.717) is 24.7 Å². The molecule has 1 atom stereocenters. The predicted molar refractivity (Wildman–Crippen MR) is 110 cm³/mol. The number of para-hydroxylation sites is 1. The molecule has 2 aromatic carbocycles.